The number of hydrogen-bond acceptors (Lipinski definition) is 2. The molecule has 1 N–H and O–H groups in total. The van der Waals surface area contributed by atoms with Crippen molar-refractivity contribution in [2.24, 2.45) is 17.3 Å². The van der Waals surface area contributed by atoms with Crippen molar-refractivity contribution >= 4 is 0 Å². The molecule has 4 aliphatic rings. The molecule has 0 radical (unpaired) electrons. The minimum Gasteiger partial charge on any atom is -0.349 e. The quantitative estimate of drug-likeness (QED) is 0.0990. The molecule has 0 aliphatic heterocycles. The van der Waals surface area contributed by atoms with E-state index < -0.39 is 0 Å². The van der Waals surface area contributed by atoms with E-state index >= 15 is 0 Å². The summed E-state index contributed by atoms with van der Waals surface area (Å²) in [6.45, 7) is 23.2. The van der Waals surface area contributed by atoms with E-state index in [0.717, 1.165) is 36.2 Å². The summed E-state index contributed by atoms with van der Waals surface area (Å²) in [5.41, 5.74) is 5.39. The van der Waals surface area contributed by atoms with Crippen molar-refractivity contribution in [2.75, 3.05) is 0 Å². The summed E-state index contributed by atoms with van der Waals surface area (Å²) in [6.07, 6.45) is 43.4. The molecule has 0 amide bonds. The average Bonchev–Trinajstić information content (AvgIpc) is 3.47. The van der Waals surface area contributed by atoms with Gasteiger partial charge in [0.15, 0.2) is 0 Å². The maximum absolute atomic E-state index is 7.26. The lowest BCUT2D eigenvalue weighted by molar-refractivity contribution is -0.186. The fourth-order valence-electron chi connectivity index (χ4n) is 6.65. The van der Waals surface area contributed by atoms with E-state index in [1.165, 1.54) is 128 Å². The van der Waals surface area contributed by atoms with Crippen LogP contribution in [0.25, 0.3) is 0 Å². The highest BCUT2D eigenvalue weighted by molar-refractivity contribution is 5.49. The first-order chi connectivity index (χ1) is 24.4. The van der Waals surface area contributed by atoms with Crippen molar-refractivity contribution in [3.05, 3.63) is 84.7 Å². The van der Waals surface area contributed by atoms with Crippen LogP contribution in [0.15, 0.2) is 84.7 Å². The first kappa shape index (κ1) is 67.8. The van der Waals surface area contributed by atoms with Crippen LogP contribution in [-0.4, -0.2) is 5.26 Å². The van der Waals surface area contributed by atoms with Crippen LogP contribution in [0.4, 0.5) is 0 Å². The van der Waals surface area contributed by atoms with Gasteiger partial charge in [-0.2, -0.15) is 0 Å². The largest absolute Gasteiger partial charge is 0.349 e. The molecule has 4 aliphatic carbocycles. The second-order valence-electron chi connectivity index (χ2n) is 13.9. The summed E-state index contributed by atoms with van der Waals surface area (Å²) in [7, 11) is 0. The highest BCUT2D eigenvalue weighted by Crippen LogP contribution is 2.40. The Morgan fingerprint density at radius 1 is 0.857 bits per heavy atom. The van der Waals surface area contributed by atoms with Crippen LogP contribution in [0.3, 0.4) is 0 Å². The highest BCUT2D eigenvalue weighted by Gasteiger charge is 2.33. The first-order valence-electron chi connectivity index (χ1n) is 20.3. The molecule has 0 heterocycles. The Hall–Kier alpha value is -2.94. The lowest BCUT2D eigenvalue weighted by Gasteiger charge is -2.27. The third kappa shape index (κ3) is 31.2. The molecule has 0 spiro atoms. The summed E-state index contributed by atoms with van der Waals surface area (Å²) in [5.74, 6) is 14.0. The minimum atomic E-state index is -0.0531. The van der Waals surface area contributed by atoms with Crippen molar-refractivity contribution in [3.63, 3.8) is 0 Å². The Morgan fingerprint density at radius 3 is 1.86 bits per heavy atom. The topological polar surface area (TPSA) is 29.5 Å². The first-order valence-corrected chi connectivity index (χ1v) is 20.3. The van der Waals surface area contributed by atoms with Gasteiger partial charge >= 0.3 is 0 Å². The van der Waals surface area contributed by atoms with Gasteiger partial charge in [-0.25, -0.2) is 5.26 Å². The molecule has 0 aromatic rings. The summed E-state index contributed by atoms with van der Waals surface area (Å²) < 4.78 is 0. The molecular formula is C54H100O2. The lowest BCUT2D eigenvalue weighted by Crippen LogP contribution is -2.22. The van der Waals surface area contributed by atoms with Crippen LogP contribution >= 0.6 is 0 Å². The summed E-state index contributed by atoms with van der Waals surface area (Å²) in [5, 5.41) is 7.26. The molecule has 0 saturated heterocycles. The maximum Gasteiger partial charge on any atom is 0.122 e. The molecule has 3 atom stereocenters. The Bertz CT molecular complexity index is 1170. The molecule has 2 heteroatoms. The summed E-state index contributed by atoms with van der Waals surface area (Å²) in [6, 6.07) is 0. The lowest BCUT2D eigenvalue weighted by atomic mass is 9.74. The zero-order chi connectivity index (χ0) is 37.3. The second kappa shape index (κ2) is 46.4. The van der Waals surface area contributed by atoms with Gasteiger partial charge in [0.1, 0.15) is 6.26 Å². The van der Waals surface area contributed by atoms with Gasteiger partial charge in [0.25, 0.3) is 0 Å². The molecule has 2 nitrogen and oxygen atoms in total. The zero-order valence-corrected chi connectivity index (χ0v) is 33.5. The van der Waals surface area contributed by atoms with Gasteiger partial charge in [-0.3, -0.25) is 0 Å². The fraction of sp³-hybridized carbons (Fsp3) is 0.667. The molecule has 328 valence electrons. The van der Waals surface area contributed by atoms with Gasteiger partial charge in [0, 0.05) is 16.9 Å². The predicted molar refractivity (Wildman–Crippen MR) is 263 cm³/mol. The van der Waals surface area contributed by atoms with Crippen molar-refractivity contribution < 1.29 is 10.1 Å². The normalized spacial score (nSPS) is 20.7. The molecule has 0 bridgehead atoms. The van der Waals surface area contributed by atoms with E-state index in [1.807, 2.05) is 32.4 Å². The number of allylic oxidation sites excluding steroid dienone is 10. The molecule has 56 heavy (non-hydrogen) atoms. The molecule has 0 aromatic carbocycles. The van der Waals surface area contributed by atoms with Gasteiger partial charge in [0.05, 0.1) is 0 Å². The van der Waals surface area contributed by atoms with E-state index in [0.29, 0.717) is 0 Å². The molecule has 1 fully saturated rings. The Labute approximate surface area is 355 Å². The standard InChI is InChI=1S/C18H22.2C13H22.C2H4O2.C2H6.6CH4/c1-6-9-15(3)12-13-17-11-8-14-18(17,5)16(4)10-7-2;1-2-4-6-8-12-10-11-13(12)9-7-5-3-1;1-2-13-11-9-7-5-3-4-6-8-10-12-13;1-2-4-3;1-2;;;;;;/h8,11,14,16H,3,6,9H2,1-2,4-5H3;10,13H,1-9,11H2;2,11H,1,3-10,12H2;2-3H,1H2;1-2H3;6*1H4/b;;13-11-;;;;;;;;/t16?,18-;13-;;;;;;;;;/m11........./s1. The van der Waals surface area contributed by atoms with E-state index in [9.17, 15) is 0 Å². The molecule has 0 aromatic heterocycles. The predicted octanol–water partition coefficient (Wildman–Crippen LogP) is 19.1. The maximum atomic E-state index is 7.26. The smallest absolute Gasteiger partial charge is 0.122 e. The highest BCUT2D eigenvalue weighted by atomic mass is 17.1. The molecule has 1 saturated carbocycles. The SMILES string of the molecule is C.C.C.C.C.C.C1=C2CCCCCCCCC[C@@H]2C1.C=C(C#CC1=CC=C[C@]1(C)C(C)C#CC)CCC.C=C/C1=C/CCCCCCCCC1.C=COO.CC. The van der Waals surface area contributed by atoms with E-state index in [4.69, 9.17) is 5.26 Å². The number of hydrogen-bond donors (Lipinski definition) is 1. The third-order valence-electron chi connectivity index (χ3n) is 10.1. The van der Waals surface area contributed by atoms with Crippen LogP contribution in [0, 0.1) is 40.9 Å². The van der Waals surface area contributed by atoms with Gasteiger partial charge in [-0.05, 0) is 82.3 Å². The Morgan fingerprint density at radius 2 is 1.38 bits per heavy atom. The number of fused-ring (bicyclic) bond motifs is 1. The van der Waals surface area contributed by atoms with Gasteiger partial charge in [0.2, 0.25) is 0 Å². The van der Waals surface area contributed by atoms with Gasteiger partial charge in [-0.15, -0.1) is 5.92 Å². The molecule has 4 rings (SSSR count). The second-order valence-corrected chi connectivity index (χ2v) is 13.9. The van der Waals surface area contributed by atoms with Gasteiger partial charge < -0.3 is 4.89 Å². The van der Waals surface area contributed by atoms with E-state index in [2.05, 4.69) is 99.5 Å². The zero-order valence-electron chi connectivity index (χ0n) is 33.5. The van der Waals surface area contributed by atoms with Gasteiger partial charge in [-0.1, -0.05) is 235 Å². The van der Waals surface area contributed by atoms with E-state index in [1.54, 1.807) is 0 Å². The summed E-state index contributed by atoms with van der Waals surface area (Å²) >= 11 is 0. The fourth-order valence-corrected chi connectivity index (χ4v) is 6.65. The third-order valence-corrected chi connectivity index (χ3v) is 10.1. The Balaban J connectivity index is -0.000000115. The van der Waals surface area contributed by atoms with Crippen LogP contribution < -0.4 is 0 Å². The van der Waals surface area contributed by atoms with Crippen molar-refractivity contribution in [1.29, 1.82) is 0 Å². The van der Waals surface area contributed by atoms with Crippen LogP contribution in [0.2, 0.25) is 0 Å². The minimum absolute atomic E-state index is 0. The van der Waals surface area contributed by atoms with E-state index in [-0.39, 0.29) is 55.9 Å². The summed E-state index contributed by atoms with van der Waals surface area (Å²) in [4.78, 5) is 3.31. The average molecular weight is 781 g/mol. The monoisotopic (exact) mass is 781 g/mol. The van der Waals surface area contributed by atoms with Crippen molar-refractivity contribution in [1.82, 2.24) is 0 Å². The van der Waals surface area contributed by atoms with Crippen LogP contribution in [-0.2, 0) is 4.89 Å². The van der Waals surface area contributed by atoms with Crippen LogP contribution in [0.1, 0.15) is 221 Å². The van der Waals surface area contributed by atoms with Crippen LogP contribution in [0.5, 0.6) is 0 Å². The molecule has 1 unspecified atom stereocenters. The Kier molecular flexibility index (Phi) is 56.2. The number of rotatable bonds is 5. The van der Waals surface area contributed by atoms with Crippen molar-refractivity contribution in [2.45, 2.75) is 221 Å². The van der Waals surface area contributed by atoms with Crippen molar-refractivity contribution in [3.8, 4) is 23.7 Å². The molecular weight excluding hydrogens is 681 g/mol.